The average Bonchev–Trinajstić information content (AvgIpc) is 2.95. The molecule has 1 aromatic rings. The van der Waals surface area contributed by atoms with E-state index >= 15 is 0 Å². The number of methoxy groups -OCH3 is 1. The van der Waals surface area contributed by atoms with Crippen molar-refractivity contribution in [1.82, 2.24) is 10.2 Å². The molecule has 1 aliphatic heterocycles. The van der Waals surface area contributed by atoms with Crippen molar-refractivity contribution in [2.75, 3.05) is 40.4 Å². The van der Waals surface area contributed by atoms with Crippen LogP contribution in [0.25, 0.3) is 0 Å². The van der Waals surface area contributed by atoms with E-state index in [0.29, 0.717) is 19.7 Å². The molecule has 1 fully saturated rings. The Balaban J connectivity index is 0.00000338. The van der Waals surface area contributed by atoms with Crippen LogP contribution in [0, 0.1) is 25.7 Å². The number of ether oxygens (including phenoxy) is 2. The topological polar surface area (TPSA) is 63.2 Å². The molecule has 0 radical (unpaired) electrons. The third-order valence-electron chi connectivity index (χ3n) is 4.48. The molecule has 146 valence electrons. The molecule has 1 aromatic carbocycles. The molecule has 0 saturated carbocycles. The van der Waals surface area contributed by atoms with Crippen LogP contribution in [0.15, 0.2) is 23.2 Å². The highest BCUT2D eigenvalue weighted by molar-refractivity contribution is 14.0. The van der Waals surface area contributed by atoms with Gasteiger partial charge in [-0.3, -0.25) is 9.79 Å². The lowest BCUT2D eigenvalue weighted by Gasteiger charge is -2.21. The molecule has 0 spiro atoms. The fourth-order valence-electron chi connectivity index (χ4n) is 3.28. The molecule has 26 heavy (non-hydrogen) atoms. The Kier molecular flexibility index (Phi) is 9.18. The fraction of sp³-hybridized carbons (Fsp3) is 0.579. The molecule has 2 rings (SSSR count). The van der Waals surface area contributed by atoms with E-state index in [9.17, 15) is 4.79 Å². The smallest absolute Gasteiger partial charge is 0.310 e. The summed E-state index contributed by atoms with van der Waals surface area (Å²) >= 11 is 0. The maximum absolute atomic E-state index is 11.8. The van der Waals surface area contributed by atoms with E-state index < -0.39 is 0 Å². The molecule has 6 nitrogen and oxygen atoms in total. The van der Waals surface area contributed by atoms with Crippen molar-refractivity contribution in [2.45, 2.75) is 20.8 Å². The van der Waals surface area contributed by atoms with Crippen LogP contribution in [0.5, 0.6) is 5.75 Å². The Morgan fingerprint density at radius 1 is 1.27 bits per heavy atom. The summed E-state index contributed by atoms with van der Waals surface area (Å²) in [7, 11) is 3.19. The van der Waals surface area contributed by atoms with Crippen LogP contribution in [0.4, 0.5) is 0 Å². The average molecular weight is 475 g/mol. The molecule has 7 heteroatoms. The normalized spacial score (nSPS) is 19.7. The first kappa shape index (κ1) is 22.5. The number of aliphatic imine (C=N–C) groups is 1. The zero-order valence-electron chi connectivity index (χ0n) is 16.2. The second-order valence-corrected chi connectivity index (χ2v) is 6.66. The predicted octanol–water partition coefficient (Wildman–Crippen LogP) is 2.62. The van der Waals surface area contributed by atoms with Crippen LogP contribution < -0.4 is 10.1 Å². The van der Waals surface area contributed by atoms with Crippen molar-refractivity contribution < 1.29 is 14.3 Å². The van der Waals surface area contributed by atoms with E-state index in [1.807, 2.05) is 12.1 Å². The third-order valence-corrected chi connectivity index (χ3v) is 4.48. The first-order valence-electron chi connectivity index (χ1n) is 8.69. The standard InChI is InChI=1S/C19H29N3O3.HI/c1-13-8-14(2)10-16(9-13)25-7-6-21-19(20-4)22-11-15(3)17(12-22)18(23)24-5;/h8-10,15,17H,6-7,11-12H2,1-5H3,(H,20,21);1H. The number of carbonyl (C=O) groups is 1. The summed E-state index contributed by atoms with van der Waals surface area (Å²) in [4.78, 5) is 18.2. The first-order valence-corrected chi connectivity index (χ1v) is 8.69. The second-order valence-electron chi connectivity index (χ2n) is 6.66. The molecular formula is C19H30IN3O3. The number of nitrogens with one attached hydrogen (secondary N) is 1. The van der Waals surface area contributed by atoms with Gasteiger partial charge in [-0.05, 0) is 43.0 Å². The van der Waals surface area contributed by atoms with Crippen molar-refractivity contribution in [1.29, 1.82) is 0 Å². The second kappa shape index (κ2) is 10.6. The zero-order valence-corrected chi connectivity index (χ0v) is 18.6. The monoisotopic (exact) mass is 475 g/mol. The Hall–Kier alpha value is -1.51. The minimum absolute atomic E-state index is 0. The van der Waals surface area contributed by atoms with Gasteiger partial charge < -0.3 is 19.7 Å². The number of rotatable bonds is 5. The summed E-state index contributed by atoms with van der Waals surface area (Å²) in [6.07, 6.45) is 0. The molecule has 1 aliphatic rings. The molecule has 2 unspecified atom stereocenters. The number of likely N-dealkylation sites (tertiary alicyclic amines) is 1. The van der Waals surface area contributed by atoms with Gasteiger partial charge in [0.05, 0.1) is 19.6 Å². The Morgan fingerprint density at radius 2 is 1.92 bits per heavy atom. The van der Waals surface area contributed by atoms with Crippen LogP contribution in [0.1, 0.15) is 18.1 Å². The number of benzene rings is 1. The number of hydrogen-bond donors (Lipinski definition) is 1. The molecule has 0 aliphatic carbocycles. The number of carbonyl (C=O) groups excluding carboxylic acids is 1. The van der Waals surface area contributed by atoms with Gasteiger partial charge >= 0.3 is 5.97 Å². The van der Waals surface area contributed by atoms with Crippen LogP contribution in [-0.4, -0.2) is 57.2 Å². The van der Waals surface area contributed by atoms with Crippen molar-refractivity contribution in [3.8, 4) is 5.75 Å². The van der Waals surface area contributed by atoms with Gasteiger partial charge in [-0.2, -0.15) is 0 Å². The summed E-state index contributed by atoms with van der Waals surface area (Å²) in [6.45, 7) is 8.80. The highest BCUT2D eigenvalue weighted by atomic mass is 127. The van der Waals surface area contributed by atoms with Crippen molar-refractivity contribution in [3.05, 3.63) is 29.3 Å². The number of nitrogens with zero attached hydrogens (tertiary/aromatic N) is 2. The van der Waals surface area contributed by atoms with Gasteiger partial charge in [-0.15, -0.1) is 24.0 Å². The lowest BCUT2D eigenvalue weighted by Crippen LogP contribution is -2.42. The van der Waals surface area contributed by atoms with E-state index in [4.69, 9.17) is 9.47 Å². The summed E-state index contributed by atoms with van der Waals surface area (Å²) in [6, 6.07) is 6.19. The van der Waals surface area contributed by atoms with Gasteiger partial charge in [-0.1, -0.05) is 13.0 Å². The lowest BCUT2D eigenvalue weighted by molar-refractivity contribution is -0.145. The number of hydrogen-bond acceptors (Lipinski definition) is 4. The Morgan fingerprint density at radius 3 is 2.50 bits per heavy atom. The molecule has 2 atom stereocenters. The van der Waals surface area contributed by atoms with E-state index in [2.05, 4.69) is 42.0 Å². The largest absolute Gasteiger partial charge is 0.492 e. The van der Waals surface area contributed by atoms with E-state index in [1.54, 1.807) is 7.05 Å². The van der Waals surface area contributed by atoms with Gasteiger partial charge in [0.15, 0.2) is 5.96 Å². The van der Waals surface area contributed by atoms with Gasteiger partial charge in [0.2, 0.25) is 0 Å². The molecule has 1 saturated heterocycles. The summed E-state index contributed by atoms with van der Waals surface area (Å²) in [5, 5.41) is 3.31. The Bertz CT molecular complexity index is 616. The minimum Gasteiger partial charge on any atom is -0.492 e. The van der Waals surface area contributed by atoms with Gasteiger partial charge in [0, 0.05) is 20.1 Å². The summed E-state index contributed by atoms with van der Waals surface area (Å²) < 4.78 is 10.7. The number of halogens is 1. The maximum Gasteiger partial charge on any atom is 0.310 e. The fourth-order valence-corrected chi connectivity index (χ4v) is 3.28. The summed E-state index contributed by atoms with van der Waals surface area (Å²) in [5.41, 5.74) is 2.39. The number of guanidine groups is 1. The van der Waals surface area contributed by atoms with Crippen molar-refractivity contribution >= 4 is 35.9 Å². The first-order chi connectivity index (χ1) is 11.9. The maximum atomic E-state index is 11.8. The zero-order chi connectivity index (χ0) is 18.4. The molecule has 1 heterocycles. The van der Waals surface area contributed by atoms with Gasteiger partial charge in [0.25, 0.3) is 0 Å². The third kappa shape index (κ3) is 6.03. The molecular weight excluding hydrogens is 445 g/mol. The number of aryl methyl sites for hydroxylation is 2. The van der Waals surface area contributed by atoms with Crippen LogP contribution in [0.2, 0.25) is 0 Å². The van der Waals surface area contributed by atoms with E-state index in [0.717, 1.165) is 18.3 Å². The van der Waals surface area contributed by atoms with Crippen LogP contribution in [-0.2, 0) is 9.53 Å². The SMILES string of the molecule is CN=C(NCCOc1cc(C)cc(C)c1)N1CC(C)C(C(=O)OC)C1.I. The molecule has 0 aromatic heterocycles. The summed E-state index contributed by atoms with van der Waals surface area (Å²) in [5.74, 6) is 1.67. The highest BCUT2D eigenvalue weighted by Crippen LogP contribution is 2.24. The highest BCUT2D eigenvalue weighted by Gasteiger charge is 2.36. The molecule has 0 bridgehead atoms. The van der Waals surface area contributed by atoms with Crippen molar-refractivity contribution in [2.24, 2.45) is 16.8 Å². The number of esters is 1. The van der Waals surface area contributed by atoms with Gasteiger partial charge in [0.1, 0.15) is 12.4 Å². The van der Waals surface area contributed by atoms with Crippen LogP contribution >= 0.6 is 24.0 Å². The molecule has 1 N–H and O–H groups in total. The lowest BCUT2D eigenvalue weighted by atomic mass is 9.99. The van der Waals surface area contributed by atoms with Crippen LogP contribution in [0.3, 0.4) is 0 Å². The van der Waals surface area contributed by atoms with Gasteiger partial charge in [-0.25, -0.2) is 0 Å². The molecule has 0 amide bonds. The quantitative estimate of drug-likeness (QED) is 0.233. The Labute approximate surface area is 173 Å². The van der Waals surface area contributed by atoms with Crippen molar-refractivity contribution in [3.63, 3.8) is 0 Å². The van der Waals surface area contributed by atoms with E-state index in [1.165, 1.54) is 18.2 Å². The minimum atomic E-state index is -0.149. The van der Waals surface area contributed by atoms with E-state index in [-0.39, 0.29) is 41.8 Å². The predicted molar refractivity (Wildman–Crippen MR) is 114 cm³/mol.